The van der Waals surface area contributed by atoms with Crippen molar-refractivity contribution >= 4 is 5.71 Å². The Kier molecular flexibility index (Phi) is 4.00. The minimum atomic E-state index is 0. The van der Waals surface area contributed by atoms with E-state index < -0.39 is 0 Å². The molecule has 0 radical (unpaired) electrons. The van der Waals surface area contributed by atoms with Gasteiger partial charge in [-0.15, -0.1) is 0 Å². The van der Waals surface area contributed by atoms with E-state index >= 15 is 0 Å². The highest BCUT2D eigenvalue weighted by Crippen LogP contribution is 2.18. The first kappa shape index (κ1) is 10.8. The number of nitrogens with two attached hydrogens (primary N) is 1. The number of halogens is 1. The lowest BCUT2D eigenvalue weighted by Gasteiger charge is -2.18. The first-order valence-electron chi connectivity index (χ1n) is 4.91. The van der Waals surface area contributed by atoms with Crippen LogP contribution >= 0.6 is 0 Å². The molecular formula is C9H17ClN2O. The monoisotopic (exact) mass is 204 g/mol. The molecule has 2 saturated heterocycles. The third kappa shape index (κ3) is 2.58. The average molecular weight is 205 g/mol. The quantitative estimate of drug-likeness (QED) is 0.488. The Labute approximate surface area is 85.3 Å². The smallest absolute Gasteiger partial charge is 0.114 e. The van der Waals surface area contributed by atoms with Crippen LogP contribution in [0.5, 0.6) is 0 Å². The minimum absolute atomic E-state index is 0. The van der Waals surface area contributed by atoms with Gasteiger partial charge in [-0.2, -0.15) is 0 Å². The third-order valence-corrected chi connectivity index (χ3v) is 2.77. The van der Waals surface area contributed by atoms with Crippen molar-refractivity contribution in [3.63, 3.8) is 0 Å². The molecule has 0 aromatic carbocycles. The summed E-state index contributed by atoms with van der Waals surface area (Å²) in [4.78, 5) is 5.07. The maximum atomic E-state index is 5.07. The molecule has 0 aliphatic carbocycles. The number of rotatable bonds is 2. The number of piperidine rings is 1. The Morgan fingerprint density at radius 1 is 1.38 bits per heavy atom. The molecule has 4 heteroatoms. The van der Waals surface area contributed by atoms with Crippen LogP contribution in [0.1, 0.15) is 32.6 Å². The van der Waals surface area contributed by atoms with Gasteiger partial charge in [0.1, 0.15) is 6.61 Å². The number of oxime groups is 1. The summed E-state index contributed by atoms with van der Waals surface area (Å²) < 4.78 is 0. The van der Waals surface area contributed by atoms with Gasteiger partial charge < -0.3 is 22.6 Å². The van der Waals surface area contributed by atoms with Crippen molar-refractivity contribution in [2.45, 2.75) is 44.7 Å². The molecule has 2 fully saturated rings. The Morgan fingerprint density at radius 3 is 2.54 bits per heavy atom. The van der Waals surface area contributed by atoms with E-state index in [0.29, 0.717) is 6.61 Å². The summed E-state index contributed by atoms with van der Waals surface area (Å²) in [6, 6.07) is 1.62. The highest BCUT2D eigenvalue weighted by molar-refractivity contribution is 5.85. The van der Waals surface area contributed by atoms with Crippen LogP contribution in [0.3, 0.4) is 0 Å². The molecule has 2 atom stereocenters. The van der Waals surface area contributed by atoms with Crippen molar-refractivity contribution in [1.82, 2.24) is 0 Å². The van der Waals surface area contributed by atoms with E-state index in [9.17, 15) is 0 Å². The molecule has 0 saturated carbocycles. The van der Waals surface area contributed by atoms with Gasteiger partial charge in [0.25, 0.3) is 0 Å². The fourth-order valence-electron chi connectivity index (χ4n) is 2.26. The number of nitrogens with zero attached hydrogens (tertiary/aromatic N) is 1. The second-order valence-electron chi connectivity index (χ2n) is 3.77. The number of hydrogen-bond donors (Lipinski definition) is 1. The summed E-state index contributed by atoms with van der Waals surface area (Å²) in [6.45, 7) is 2.68. The summed E-state index contributed by atoms with van der Waals surface area (Å²) in [6.07, 6.45) is 5.04. The van der Waals surface area contributed by atoms with Gasteiger partial charge in [-0.1, -0.05) is 5.16 Å². The lowest BCUT2D eigenvalue weighted by molar-refractivity contribution is -0.702. The van der Waals surface area contributed by atoms with Gasteiger partial charge in [0.2, 0.25) is 0 Å². The van der Waals surface area contributed by atoms with Gasteiger partial charge in [0.05, 0.1) is 17.8 Å². The summed E-state index contributed by atoms with van der Waals surface area (Å²) in [5.74, 6) is 0. The van der Waals surface area contributed by atoms with Gasteiger partial charge in [0, 0.05) is 25.7 Å². The zero-order chi connectivity index (χ0) is 8.39. The Bertz CT molecular complexity index is 182. The van der Waals surface area contributed by atoms with Crippen molar-refractivity contribution in [2.75, 3.05) is 6.61 Å². The largest absolute Gasteiger partial charge is 1.00 e. The van der Waals surface area contributed by atoms with E-state index in [0.717, 1.165) is 24.9 Å². The normalized spacial score (nSPS) is 31.0. The molecule has 3 nitrogen and oxygen atoms in total. The minimum Gasteiger partial charge on any atom is -1.00 e. The van der Waals surface area contributed by atoms with Crippen LogP contribution in [0.4, 0.5) is 0 Å². The van der Waals surface area contributed by atoms with Gasteiger partial charge in [-0.25, -0.2) is 0 Å². The van der Waals surface area contributed by atoms with Gasteiger partial charge >= 0.3 is 0 Å². The molecule has 0 spiro atoms. The summed E-state index contributed by atoms with van der Waals surface area (Å²) in [5, 5.41) is 6.64. The topological polar surface area (TPSA) is 38.2 Å². The molecule has 0 amide bonds. The fraction of sp³-hybridized carbons (Fsp3) is 0.889. The molecule has 0 aromatic heterocycles. The highest BCUT2D eigenvalue weighted by Gasteiger charge is 2.35. The van der Waals surface area contributed by atoms with E-state index in [1.807, 2.05) is 6.92 Å². The molecule has 2 rings (SSSR count). The molecule has 2 bridgehead atoms. The summed E-state index contributed by atoms with van der Waals surface area (Å²) in [7, 11) is 0. The molecule has 2 aliphatic rings. The maximum absolute atomic E-state index is 5.07. The average Bonchev–Trinajstić information content (AvgIpc) is 2.42. The van der Waals surface area contributed by atoms with Crippen molar-refractivity contribution in [3.05, 3.63) is 0 Å². The van der Waals surface area contributed by atoms with E-state index in [-0.39, 0.29) is 12.4 Å². The molecule has 76 valence electrons. The summed E-state index contributed by atoms with van der Waals surface area (Å²) >= 11 is 0. The van der Waals surface area contributed by atoms with Crippen molar-refractivity contribution < 1.29 is 22.6 Å². The van der Waals surface area contributed by atoms with Crippen LogP contribution in [-0.2, 0) is 4.84 Å². The fourth-order valence-corrected chi connectivity index (χ4v) is 2.26. The second kappa shape index (κ2) is 4.82. The summed E-state index contributed by atoms with van der Waals surface area (Å²) in [5.41, 5.74) is 1.28. The lowest BCUT2D eigenvalue weighted by atomic mass is 10.0. The maximum Gasteiger partial charge on any atom is 0.114 e. The first-order valence-corrected chi connectivity index (χ1v) is 4.91. The number of fused-ring (bicyclic) bond motifs is 2. The standard InChI is InChI=1S/C9H16N2O.ClH/c1-2-12-11-9-5-7-3-4-8(6-9)10-7;/h7-8,10H,2-6H2,1H3;1H. The van der Waals surface area contributed by atoms with Crippen LogP contribution in [0.25, 0.3) is 0 Å². The van der Waals surface area contributed by atoms with Gasteiger partial charge in [-0.3, -0.25) is 0 Å². The van der Waals surface area contributed by atoms with E-state index in [4.69, 9.17) is 4.84 Å². The molecule has 2 unspecified atom stereocenters. The molecule has 2 aliphatic heterocycles. The first-order chi connectivity index (χ1) is 5.88. The highest BCUT2D eigenvalue weighted by atomic mass is 35.5. The van der Waals surface area contributed by atoms with Crippen molar-refractivity contribution in [1.29, 1.82) is 0 Å². The van der Waals surface area contributed by atoms with Crippen molar-refractivity contribution in [2.24, 2.45) is 5.16 Å². The van der Waals surface area contributed by atoms with Crippen LogP contribution in [0.15, 0.2) is 5.16 Å². The van der Waals surface area contributed by atoms with E-state index in [1.165, 1.54) is 18.6 Å². The predicted octanol–water partition coefficient (Wildman–Crippen LogP) is -2.73. The molecular weight excluding hydrogens is 188 g/mol. The van der Waals surface area contributed by atoms with Crippen LogP contribution in [0.2, 0.25) is 0 Å². The van der Waals surface area contributed by atoms with Gasteiger partial charge in [-0.05, 0) is 6.92 Å². The van der Waals surface area contributed by atoms with Crippen molar-refractivity contribution in [3.8, 4) is 0 Å². The van der Waals surface area contributed by atoms with Crippen LogP contribution in [0, 0.1) is 0 Å². The zero-order valence-corrected chi connectivity index (χ0v) is 8.76. The molecule has 13 heavy (non-hydrogen) atoms. The third-order valence-electron chi connectivity index (χ3n) is 2.77. The van der Waals surface area contributed by atoms with E-state index in [2.05, 4.69) is 10.5 Å². The van der Waals surface area contributed by atoms with Crippen LogP contribution < -0.4 is 17.7 Å². The SMILES string of the molecule is CCON=C1CC2CCC(C1)[NH2+]2.[Cl-]. The zero-order valence-electron chi connectivity index (χ0n) is 8.00. The van der Waals surface area contributed by atoms with Crippen LogP contribution in [-0.4, -0.2) is 24.4 Å². The van der Waals surface area contributed by atoms with E-state index in [1.54, 1.807) is 0 Å². The Morgan fingerprint density at radius 2 is 2.00 bits per heavy atom. The number of quaternary nitrogens is 1. The second-order valence-corrected chi connectivity index (χ2v) is 3.77. The molecule has 0 aromatic rings. The Balaban J connectivity index is 0.000000845. The Hall–Kier alpha value is -0.280. The predicted molar refractivity (Wildman–Crippen MR) is 47.0 cm³/mol. The van der Waals surface area contributed by atoms with Gasteiger partial charge in [0.15, 0.2) is 0 Å². The molecule has 2 heterocycles. The lowest BCUT2D eigenvalue weighted by Crippen LogP contribution is -3.00. The number of hydrogen-bond acceptors (Lipinski definition) is 2. The molecule has 2 N–H and O–H groups in total.